The Labute approximate surface area is 124 Å². The summed E-state index contributed by atoms with van der Waals surface area (Å²) < 4.78 is 1.28. The molecule has 0 spiro atoms. The third-order valence-corrected chi connectivity index (χ3v) is 3.24. The van der Waals surface area contributed by atoms with Crippen molar-refractivity contribution in [1.29, 1.82) is 0 Å². The summed E-state index contributed by atoms with van der Waals surface area (Å²) >= 11 is 4.24. The first-order chi connectivity index (χ1) is 9.58. The number of rotatable bonds is 3. The first-order valence-electron chi connectivity index (χ1n) is 6.20. The van der Waals surface area contributed by atoms with Crippen LogP contribution in [0.5, 0.6) is 0 Å². The van der Waals surface area contributed by atoms with Crippen LogP contribution < -0.4 is 14.5 Å². The molecule has 1 N–H and O–H groups in total. The summed E-state index contributed by atoms with van der Waals surface area (Å²) in [6, 6.07) is 16.6. The molecule has 0 radical (unpaired) electrons. The quantitative estimate of drug-likeness (QED) is 0.846. The number of carbonyl (C=O) groups is 1. The van der Waals surface area contributed by atoms with Crippen LogP contribution in [0.2, 0.25) is 0 Å². The Morgan fingerprint density at radius 2 is 1.50 bits per heavy atom. The highest BCUT2D eigenvalue weighted by atomic mass is 32.1. The van der Waals surface area contributed by atoms with Gasteiger partial charge in [-0.3, -0.25) is 0 Å². The predicted octanol–water partition coefficient (Wildman–Crippen LogP) is 3.64. The molecule has 0 unspecified atom stereocenters. The molecule has 4 nitrogen and oxygen atoms in total. The van der Waals surface area contributed by atoms with Gasteiger partial charge < -0.3 is 10.2 Å². The maximum Gasteiger partial charge on any atom is 0.336 e. The van der Waals surface area contributed by atoms with Crippen molar-refractivity contribution in [2.75, 3.05) is 28.6 Å². The number of anilines is 3. The third-order valence-electron chi connectivity index (χ3n) is 2.83. The van der Waals surface area contributed by atoms with Crippen molar-refractivity contribution in [1.82, 2.24) is 0 Å². The Bertz CT molecular complexity index is 569. The molecule has 0 heterocycles. The van der Waals surface area contributed by atoms with Crippen molar-refractivity contribution >= 4 is 35.9 Å². The number of thiol groups is 1. The van der Waals surface area contributed by atoms with Gasteiger partial charge in [0.1, 0.15) is 0 Å². The van der Waals surface area contributed by atoms with Crippen molar-refractivity contribution in [2.24, 2.45) is 0 Å². The Kier molecular flexibility index (Phi) is 4.53. The van der Waals surface area contributed by atoms with Crippen LogP contribution >= 0.6 is 12.8 Å². The molecule has 2 aromatic carbocycles. The lowest BCUT2D eigenvalue weighted by atomic mass is 10.2. The van der Waals surface area contributed by atoms with Crippen molar-refractivity contribution < 1.29 is 4.79 Å². The first kappa shape index (κ1) is 14.3. The number of benzene rings is 2. The molecule has 0 aliphatic heterocycles. The number of amides is 2. The van der Waals surface area contributed by atoms with Gasteiger partial charge in [-0.25, -0.2) is 9.10 Å². The van der Waals surface area contributed by atoms with Gasteiger partial charge in [-0.2, -0.15) is 0 Å². The second kappa shape index (κ2) is 6.34. The number of hydrogen-bond acceptors (Lipinski definition) is 3. The van der Waals surface area contributed by atoms with Crippen LogP contribution in [0.1, 0.15) is 0 Å². The van der Waals surface area contributed by atoms with E-state index in [0.717, 1.165) is 11.4 Å². The second-order valence-electron chi connectivity index (χ2n) is 4.52. The number of nitrogens with zero attached hydrogens (tertiary/aromatic N) is 2. The fourth-order valence-electron chi connectivity index (χ4n) is 1.71. The maximum atomic E-state index is 12.1. The smallest absolute Gasteiger partial charge is 0.336 e. The molecular formula is C15H17N3OS. The molecule has 0 saturated carbocycles. The highest BCUT2D eigenvalue weighted by Gasteiger charge is 2.12. The van der Waals surface area contributed by atoms with Crippen LogP contribution in [0, 0.1) is 0 Å². The lowest BCUT2D eigenvalue weighted by molar-refractivity contribution is 0.260. The Balaban J connectivity index is 2.06. The SMILES string of the molecule is CN(C)c1ccc(N(S)C(=O)Nc2ccccc2)cc1. The van der Waals surface area contributed by atoms with Gasteiger partial charge in [-0.05, 0) is 36.4 Å². The van der Waals surface area contributed by atoms with Crippen LogP contribution in [0.25, 0.3) is 0 Å². The molecule has 0 aliphatic rings. The predicted molar refractivity (Wildman–Crippen MR) is 87.7 cm³/mol. The summed E-state index contributed by atoms with van der Waals surface area (Å²) in [4.78, 5) is 14.1. The Morgan fingerprint density at radius 3 is 2.05 bits per heavy atom. The molecule has 2 aromatic rings. The molecule has 5 heteroatoms. The summed E-state index contributed by atoms with van der Waals surface area (Å²) in [5.41, 5.74) is 2.52. The number of para-hydroxylation sites is 1. The number of nitrogens with one attached hydrogen (secondary N) is 1. The fourth-order valence-corrected chi connectivity index (χ4v) is 1.89. The van der Waals surface area contributed by atoms with Gasteiger partial charge in [0.25, 0.3) is 0 Å². The standard InChI is InChI=1S/C15H17N3OS/c1-17(2)13-8-10-14(11-9-13)18(20)15(19)16-12-6-4-3-5-7-12/h3-11,20H,1-2H3,(H,16,19). The highest BCUT2D eigenvalue weighted by Crippen LogP contribution is 2.21. The van der Waals surface area contributed by atoms with Crippen molar-refractivity contribution in [2.45, 2.75) is 0 Å². The molecule has 2 amide bonds. The number of urea groups is 1. The maximum absolute atomic E-state index is 12.1. The van der Waals surface area contributed by atoms with Crippen LogP contribution in [0.3, 0.4) is 0 Å². The Morgan fingerprint density at radius 1 is 0.950 bits per heavy atom. The molecule has 0 saturated heterocycles. The van der Waals surface area contributed by atoms with E-state index in [0.29, 0.717) is 5.69 Å². The van der Waals surface area contributed by atoms with Gasteiger partial charge in [-0.1, -0.05) is 31.0 Å². The Hall–Kier alpha value is -2.14. The zero-order valence-electron chi connectivity index (χ0n) is 11.4. The minimum Gasteiger partial charge on any atom is -0.378 e. The van der Waals surface area contributed by atoms with Gasteiger partial charge in [0.05, 0.1) is 5.69 Å². The van der Waals surface area contributed by atoms with E-state index < -0.39 is 0 Å². The van der Waals surface area contributed by atoms with Crippen LogP contribution in [-0.2, 0) is 0 Å². The monoisotopic (exact) mass is 287 g/mol. The van der Waals surface area contributed by atoms with Crippen LogP contribution in [-0.4, -0.2) is 20.1 Å². The minimum absolute atomic E-state index is 0.294. The lowest BCUT2D eigenvalue weighted by Crippen LogP contribution is -2.26. The van der Waals surface area contributed by atoms with Crippen LogP contribution in [0.4, 0.5) is 21.9 Å². The molecule has 0 aliphatic carbocycles. The van der Waals surface area contributed by atoms with E-state index >= 15 is 0 Å². The van der Waals surface area contributed by atoms with Crippen molar-refractivity contribution in [3.05, 3.63) is 54.6 Å². The average molecular weight is 287 g/mol. The van der Waals surface area contributed by atoms with Gasteiger partial charge in [0, 0.05) is 25.5 Å². The van der Waals surface area contributed by atoms with Crippen molar-refractivity contribution in [3.63, 3.8) is 0 Å². The topological polar surface area (TPSA) is 35.6 Å². The van der Waals surface area contributed by atoms with E-state index in [1.165, 1.54) is 4.31 Å². The van der Waals surface area contributed by atoms with E-state index in [1.54, 1.807) is 0 Å². The summed E-state index contributed by atoms with van der Waals surface area (Å²) in [5.74, 6) is 0. The molecule has 104 valence electrons. The fraction of sp³-hybridized carbons (Fsp3) is 0.133. The van der Waals surface area contributed by atoms with Gasteiger partial charge in [0.15, 0.2) is 0 Å². The summed E-state index contributed by atoms with van der Waals surface area (Å²) in [6.07, 6.45) is 0. The van der Waals surface area contributed by atoms with E-state index in [-0.39, 0.29) is 6.03 Å². The number of carbonyl (C=O) groups excluding carboxylic acids is 1. The van der Waals surface area contributed by atoms with Gasteiger partial charge in [-0.15, -0.1) is 0 Å². The zero-order chi connectivity index (χ0) is 14.5. The minimum atomic E-state index is -0.294. The van der Waals surface area contributed by atoms with E-state index in [2.05, 4.69) is 18.1 Å². The lowest BCUT2D eigenvalue weighted by Gasteiger charge is -2.18. The first-order valence-corrected chi connectivity index (χ1v) is 6.60. The largest absolute Gasteiger partial charge is 0.378 e. The highest BCUT2D eigenvalue weighted by molar-refractivity contribution is 7.82. The van der Waals surface area contributed by atoms with Gasteiger partial charge >= 0.3 is 6.03 Å². The van der Waals surface area contributed by atoms with E-state index in [1.807, 2.05) is 73.6 Å². The average Bonchev–Trinajstić information content (AvgIpc) is 2.47. The molecule has 0 aromatic heterocycles. The second-order valence-corrected chi connectivity index (χ2v) is 4.92. The summed E-state index contributed by atoms with van der Waals surface area (Å²) in [5, 5.41) is 2.78. The summed E-state index contributed by atoms with van der Waals surface area (Å²) in [7, 11) is 3.94. The summed E-state index contributed by atoms with van der Waals surface area (Å²) in [6.45, 7) is 0. The molecular weight excluding hydrogens is 270 g/mol. The normalized spacial score (nSPS) is 9.95. The third kappa shape index (κ3) is 3.45. The van der Waals surface area contributed by atoms with E-state index in [9.17, 15) is 4.79 Å². The van der Waals surface area contributed by atoms with E-state index in [4.69, 9.17) is 0 Å². The van der Waals surface area contributed by atoms with Gasteiger partial charge in [0.2, 0.25) is 0 Å². The molecule has 0 bridgehead atoms. The molecule has 20 heavy (non-hydrogen) atoms. The van der Waals surface area contributed by atoms with Crippen molar-refractivity contribution in [3.8, 4) is 0 Å². The molecule has 0 atom stereocenters. The molecule has 0 fully saturated rings. The number of hydrogen-bond donors (Lipinski definition) is 2. The molecule has 2 rings (SSSR count). The van der Waals surface area contributed by atoms with Crippen LogP contribution in [0.15, 0.2) is 54.6 Å². The zero-order valence-corrected chi connectivity index (χ0v) is 12.3.